The van der Waals surface area contributed by atoms with Crippen LogP contribution < -0.4 is 10.5 Å². The lowest BCUT2D eigenvalue weighted by molar-refractivity contribution is 0.601. The number of rotatable bonds is 3. The molecule has 19 heavy (non-hydrogen) atoms. The van der Waals surface area contributed by atoms with Crippen molar-refractivity contribution in [1.29, 1.82) is 0 Å². The Balaban J connectivity index is 2.35. The fourth-order valence-corrected chi connectivity index (χ4v) is 2.77. The van der Waals surface area contributed by atoms with Gasteiger partial charge < -0.3 is 5.73 Å². The summed E-state index contributed by atoms with van der Waals surface area (Å²) in [5.41, 5.74) is 8.21. The van der Waals surface area contributed by atoms with Crippen molar-refractivity contribution in [2.45, 2.75) is 18.7 Å². The Bertz CT molecular complexity index is 712. The SMILES string of the molecule is Cc1cc(NS(=O)(=O)c2ccc(N)c(C)c2)ccn1. The van der Waals surface area contributed by atoms with Crippen LogP contribution in [0.4, 0.5) is 11.4 Å². The number of nitrogens with one attached hydrogen (secondary N) is 1. The van der Waals surface area contributed by atoms with E-state index in [1.165, 1.54) is 6.07 Å². The maximum atomic E-state index is 12.2. The molecule has 2 rings (SSSR count). The molecule has 0 bridgehead atoms. The van der Waals surface area contributed by atoms with Crippen LogP contribution in [0.1, 0.15) is 11.3 Å². The van der Waals surface area contributed by atoms with Crippen LogP contribution in [-0.2, 0) is 10.0 Å². The van der Waals surface area contributed by atoms with Crippen LogP contribution in [0.3, 0.4) is 0 Å². The number of aryl methyl sites for hydroxylation is 2. The van der Waals surface area contributed by atoms with E-state index in [1.54, 1.807) is 44.3 Å². The van der Waals surface area contributed by atoms with Gasteiger partial charge in [0.2, 0.25) is 0 Å². The first kappa shape index (κ1) is 13.4. The van der Waals surface area contributed by atoms with Crippen molar-refractivity contribution in [3.63, 3.8) is 0 Å². The van der Waals surface area contributed by atoms with Crippen LogP contribution in [0.15, 0.2) is 41.4 Å². The van der Waals surface area contributed by atoms with E-state index >= 15 is 0 Å². The maximum Gasteiger partial charge on any atom is 0.261 e. The summed E-state index contributed by atoms with van der Waals surface area (Å²) in [7, 11) is -3.60. The van der Waals surface area contributed by atoms with Crippen LogP contribution in [0, 0.1) is 13.8 Å². The number of aromatic nitrogens is 1. The molecule has 2 aromatic rings. The summed E-state index contributed by atoms with van der Waals surface area (Å²) in [6.07, 6.45) is 1.56. The highest BCUT2D eigenvalue weighted by Crippen LogP contribution is 2.20. The Morgan fingerprint density at radius 2 is 1.89 bits per heavy atom. The number of sulfonamides is 1. The van der Waals surface area contributed by atoms with Gasteiger partial charge in [-0.05, 0) is 49.7 Å². The highest BCUT2D eigenvalue weighted by Gasteiger charge is 2.15. The number of hydrogen-bond donors (Lipinski definition) is 2. The van der Waals surface area contributed by atoms with Crippen LogP contribution in [0.2, 0.25) is 0 Å². The van der Waals surface area contributed by atoms with E-state index < -0.39 is 10.0 Å². The normalized spacial score (nSPS) is 11.3. The topological polar surface area (TPSA) is 85.1 Å². The molecule has 0 fully saturated rings. The van der Waals surface area contributed by atoms with E-state index in [1.807, 2.05) is 0 Å². The Morgan fingerprint density at radius 3 is 2.53 bits per heavy atom. The molecule has 1 aromatic carbocycles. The molecule has 0 aliphatic carbocycles. The van der Waals surface area contributed by atoms with Crippen LogP contribution >= 0.6 is 0 Å². The molecule has 1 heterocycles. The third-order valence-electron chi connectivity index (χ3n) is 2.70. The average Bonchev–Trinajstić information content (AvgIpc) is 2.32. The Kier molecular flexibility index (Phi) is 3.44. The van der Waals surface area contributed by atoms with Crippen molar-refractivity contribution in [2.24, 2.45) is 0 Å². The summed E-state index contributed by atoms with van der Waals surface area (Å²) in [6, 6.07) is 7.89. The van der Waals surface area contributed by atoms with Gasteiger partial charge in [-0.25, -0.2) is 8.42 Å². The standard InChI is InChI=1S/C13H15N3O2S/c1-9-7-12(3-4-13(9)14)19(17,18)16-11-5-6-15-10(2)8-11/h3-8H,14H2,1-2H3,(H,15,16). The number of nitrogen functional groups attached to an aromatic ring is 1. The second-order valence-electron chi connectivity index (χ2n) is 4.31. The molecule has 0 aliphatic rings. The minimum absolute atomic E-state index is 0.189. The number of anilines is 2. The van der Waals surface area contributed by atoms with Gasteiger partial charge in [-0.1, -0.05) is 0 Å². The molecule has 6 heteroatoms. The number of hydrogen-bond acceptors (Lipinski definition) is 4. The lowest BCUT2D eigenvalue weighted by Crippen LogP contribution is -2.13. The second kappa shape index (κ2) is 4.89. The van der Waals surface area contributed by atoms with Crippen molar-refractivity contribution in [3.05, 3.63) is 47.8 Å². The van der Waals surface area contributed by atoms with Crippen LogP contribution in [-0.4, -0.2) is 13.4 Å². The zero-order valence-electron chi connectivity index (χ0n) is 10.7. The average molecular weight is 277 g/mol. The smallest absolute Gasteiger partial charge is 0.261 e. The van der Waals surface area contributed by atoms with E-state index in [4.69, 9.17) is 5.73 Å². The molecular weight excluding hydrogens is 262 g/mol. The quantitative estimate of drug-likeness (QED) is 0.841. The predicted octanol–water partition coefficient (Wildman–Crippen LogP) is 2.08. The minimum atomic E-state index is -3.60. The first-order valence-electron chi connectivity index (χ1n) is 5.70. The lowest BCUT2D eigenvalue weighted by Gasteiger charge is -2.09. The molecule has 0 saturated heterocycles. The molecular formula is C13H15N3O2S. The van der Waals surface area contributed by atoms with Gasteiger partial charge in [-0.2, -0.15) is 0 Å². The van der Waals surface area contributed by atoms with E-state index in [0.717, 1.165) is 11.3 Å². The molecule has 0 radical (unpaired) electrons. The Labute approximate surface area is 112 Å². The lowest BCUT2D eigenvalue weighted by atomic mass is 10.2. The second-order valence-corrected chi connectivity index (χ2v) is 5.99. The predicted molar refractivity (Wildman–Crippen MR) is 75.4 cm³/mol. The maximum absolute atomic E-state index is 12.2. The molecule has 0 unspecified atom stereocenters. The van der Waals surface area contributed by atoms with Crippen LogP contribution in [0.25, 0.3) is 0 Å². The third kappa shape index (κ3) is 3.03. The van der Waals surface area contributed by atoms with Gasteiger partial charge in [0.05, 0.1) is 10.6 Å². The zero-order chi connectivity index (χ0) is 14.0. The molecule has 5 nitrogen and oxygen atoms in total. The van der Waals surface area contributed by atoms with Gasteiger partial charge in [-0.15, -0.1) is 0 Å². The Morgan fingerprint density at radius 1 is 1.16 bits per heavy atom. The van der Waals surface area contributed by atoms with E-state index in [0.29, 0.717) is 11.4 Å². The van der Waals surface area contributed by atoms with Gasteiger partial charge in [0.1, 0.15) is 0 Å². The third-order valence-corrected chi connectivity index (χ3v) is 4.08. The highest BCUT2D eigenvalue weighted by molar-refractivity contribution is 7.92. The van der Waals surface area contributed by atoms with E-state index in [-0.39, 0.29) is 4.90 Å². The largest absolute Gasteiger partial charge is 0.399 e. The first-order valence-corrected chi connectivity index (χ1v) is 7.18. The molecule has 100 valence electrons. The van der Waals surface area contributed by atoms with Gasteiger partial charge in [-0.3, -0.25) is 9.71 Å². The summed E-state index contributed by atoms with van der Waals surface area (Å²) in [6.45, 7) is 3.57. The van der Waals surface area contributed by atoms with Crippen molar-refractivity contribution in [3.8, 4) is 0 Å². The summed E-state index contributed by atoms with van der Waals surface area (Å²) in [5.74, 6) is 0. The summed E-state index contributed by atoms with van der Waals surface area (Å²) < 4.78 is 26.9. The van der Waals surface area contributed by atoms with Crippen molar-refractivity contribution < 1.29 is 8.42 Å². The molecule has 0 aliphatic heterocycles. The number of benzene rings is 1. The zero-order valence-corrected chi connectivity index (χ0v) is 11.5. The van der Waals surface area contributed by atoms with Gasteiger partial charge in [0, 0.05) is 17.6 Å². The summed E-state index contributed by atoms with van der Waals surface area (Å²) >= 11 is 0. The highest BCUT2D eigenvalue weighted by atomic mass is 32.2. The molecule has 0 spiro atoms. The molecule has 0 amide bonds. The van der Waals surface area contributed by atoms with Crippen molar-refractivity contribution >= 4 is 21.4 Å². The number of nitrogens with zero attached hydrogens (tertiary/aromatic N) is 1. The minimum Gasteiger partial charge on any atom is -0.399 e. The number of nitrogens with two attached hydrogens (primary N) is 1. The van der Waals surface area contributed by atoms with Crippen molar-refractivity contribution in [1.82, 2.24) is 4.98 Å². The molecule has 0 saturated carbocycles. The van der Waals surface area contributed by atoms with Crippen molar-refractivity contribution in [2.75, 3.05) is 10.5 Å². The van der Waals surface area contributed by atoms with Gasteiger partial charge >= 0.3 is 0 Å². The van der Waals surface area contributed by atoms with E-state index in [9.17, 15) is 8.42 Å². The molecule has 0 atom stereocenters. The fraction of sp³-hybridized carbons (Fsp3) is 0.154. The molecule has 3 N–H and O–H groups in total. The summed E-state index contributed by atoms with van der Waals surface area (Å²) in [4.78, 5) is 4.21. The first-order chi connectivity index (χ1) is 8.88. The fourth-order valence-electron chi connectivity index (χ4n) is 1.64. The van der Waals surface area contributed by atoms with Gasteiger partial charge in [0.25, 0.3) is 10.0 Å². The monoisotopic (exact) mass is 277 g/mol. The van der Waals surface area contributed by atoms with Gasteiger partial charge in [0.15, 0.2) is 0 Å². The summed E-state index contributed by atoms with van der Waals surface area (Å²) in [5, 5.41) is 0. The van der Waals surface area contributed by atoms with E-state index in [2.05, 4.69) is 9.71 Å². The number of pyridine rings is 1. The Hall–Kier alpha value is -2.08. The molecule has 1 aromatic heterocycles. The van der Waals surface area contributed by atoms with Crippen LogP contribution in [0.5, 0.6) is 0 Å².